The molecule has 0 aromatic carbocycles. The summed E-state index contributed by atoms with van der Waals surface area (Å²) in [5, 5.41) is 8.36. The molecule has 1 unspecified atom stereocenters. The van der Waals surface area contributed by atoms with Crippen LogP contribution in [0.5, 0.6) is 0 Å². The Kier molecular flexibility index (Phi) is 7.42. The van der Waals surface area contributed by atoms with Gasteiger partial charge in [0, 0.05) is 6.61 Å². The molecular formula is C10H20O4. The van der Waals surface area contributed by atoms with E-state index in [1.54, 1.807) is 0 Å². The van der Waals surface area contributed by atoms with Crippen LogP contribution in [0, 0.1) is 5.92 Å². The molecule has 0 rings (SSSR count). The standard InChI is InChI=1S/C10H20O4/c1-8(2)6-13-7-9(3)14-5-4-10(11)12/h8-9H,4-7H2,1-3H3,(H,11,12). The highest BCUT2D eigenvalue weighted by molar-refractivity contribution is 5.66. The van der Waals surface area contributed by atoms with E-state index in [0.717, 1.165) is 0 Å². The lowest BCUT2D eigenvalue weighted by atomic mass is 10.2. The van der Waals surface area contributed by atoms with Gasteiger partial charge in [0.2, 0.25) is 0 Å². The Labute approximate surface area is 85.2 Å². The number of rotatable bonds is 8. The summed E-state index contributed by atoms with van der Waals surface area (Å²) < 4.78 is 10.6. The lowest BCUT2D eigenvalue weighted by molar-refractivity contribution is -0.138. The van der Waals surface area contributed by atoms with Crippen LogP contribution in [0.15, 0.2) is 0 Å². The van der Waals surface area contributed by atoms with Crippen LogP contribution in [0.3, 0.4) is 0 Å². The minimum absolute atomic E-state index is 0.0342. The second kappa shape index (κ2) is 7.76. The molecule has 0 radical (unpaired) electrons. The number of hydrogen-bond donors (Lipinski definition) is 1. The molecule has 0 aliphatic rings. The van der Waals surface area contributed by atoms with Gasteiger partial charge in [0.1, 0.15) is 0 Å². The largest absolute Gasteiger partial charge is 0.481 e. The van der Waals surface area contributed by atoms with Crippen molar-refractivity contribution >= 4 is 5.97 Å². The highest BCUT2D eigenvalue weighted by Gasteiger charge is 2.04. The molecule has 0 saturated carbocycles. The highest BCUT2D eigenvalue weighted by Crippen LogP contribution is 1.97. The zero-order chi connectivity index (χ0) is 11.0. The maximum absolute atomic E-state index is 10.2. The van der Waals surface area contributed by atoms with E-state index in [0.29, 0.717) is 19.1 Å². The van der Waals surface area contributed by atoms with Crippen LogP contribution >= 0.6 is 0 Å². The molecule has 0 fully saturated rings. The Hall–Kier alpha value is -0.610. The van der Waals surface area contributed by atoms with Crippen LogP contribution in [0.1, 0.15) is 27.2 Å². The van der Waals surface area contributed by atoms with E-state index in [9.17, 15) is 4.79 Å². The first-order chi connectivity index (χ1) is 6.52. The van der Waals surface area contributed by atoms with Gasteiger partial charge in [-0.15, -0.1) is 0 Å². The van der Waals surface area contributed by atoms with Crippen molar-refractivity contribution in [3.8, 4) is 0 Å². The van der Waals surface area contributed by atoms with Crippen LogP contribution < -0.4 is 0 Å². The summed E-state index contributed by atoms with van der Waals surface area (Å²) in [5.41, 5.74) is 0. The van der Waals surface area contributed by atoms with E-state index in [2.05, 4.69) is 13.8 Å². The maximum atomic E-state index is 10.2. The van der Waals surface area contributed by atoms with Crippen LogP contribution in [-0.2, 0) is 14.3 Å². The zero-order valence-electron chi connectivity index (χ0n) is 9.16. The van der Waals surface area contributed by atoms with Gasteiger partial charge in [-0.05, 0) is 12.8 Å². The number of carboxylic acids is 1. The van der Waals surface area contributed by atoms with Gasteiger partial charge in [-0.2, -0.15) is 0 Å². The summed E-state index contributed by atoms with van der Waals surface area (Å²) in [5.74, 6) is -0.318. The van der Waals surface area contributed by atoms with Gasteiger partial charge in [-0.1, -0.05) is 13.8 Å². The lowest BCUT2D eigenvalue weighted by Gasteiger charge is -2.13. The molecule has 0 heterocycles. The summed E-state index contributed by atoms with van der Waals surface area (Å²) >= 11 is 0. The smallest absolute Gasteiger partial charge is 0.305 e. The van der Waals surface area contributed by atoms with Gasteiger partial charge in [0.15, 0.2) is 0 Å². The molecular weight excluding hydrogens is 184 g/mol. The van der Waals surface area contributed by atoms with E-state index in [-0.39, 0.29) is 19.1 Å². The van der Waals surface area contributed by atoms with Gasteiger partial charge in [-0.3, -0.25) is 4.79 Å². The van der Waals surface area contributed by atoms with Gasteiger partial charge in [0.25, 0.3) is 0 Å². The molecule has 0 bridgehead atoms. The molecule has 4 heteroatoms. The average Bonchev–Trinajstić information content (AvgIpc) is 2.02. The molecule has 4 nitrogen and oxygen atoms in total. The summed E-state index contributed by atoms with van der Waals surface area (Å²) in [6, 6.07) is 0. The Morgan fingerprint density at radius 1 is 1.29 bits per heavy atom. The number of hydrogen-bond acceptors (Lipinski definition) is 3. The molecule has 0 aromatic rings. The van der Waals surface area contributed by atoms with E-state index in [1.165, 1.54) is 0 Å². The number of ether oxygens (including phenoxy) is 2. The molecule has 0 spiro atoms. The molecule has 1 atom stereocenters. The summed E-state index contributed by atoms with van der Waals surface area (Å²) in [6.07, 6.45) is 0.0160. The van der Waals surface area contributed by atoms with E-state index < -0.39 is 5.97 Å². The van der Waals surface area contributed by atoms with Gasteiger partial charge >= 0.3 is 5.97 Å². The van der Waals surface area contributed by atoms with Gasteiger partial charge < -0.3 is 14.6 Å². The topological polar surface area (TPSA) is 55.8 Å². The normalized spacial score (nSPS) is 13.1. The SMILES string of the molecule is CC(C)COCC(C)OCCC(=O)O. The van der Waals surface area contributed by atoms with Crippen molar-refractivity contribution in [3.05, 3.63) is 0 Å². The average molecular weight is 204 g/mol. The van der Waals surface area contributed by atoms with Crippen molar-refractivity contribution < 1.29 is 19.4 Å². The second-order valence-corrected chi connectivity index (χ2v) is 3.76. The van der Waals surface area contributed by atoms with E-state index in [1.807, 2.05) is 6.92 Å². The number of carbonyl (C=O) groups is 1. The molecule has 1 N–H and O–H groups in total. The Morgan fingerprint density at radius 3 is 2.43 bits per heavy atom. The summed E-state index contributed by atoms with van der Waals surface area (Å²) in [4.78, 5) is 10.2. The van der Waals surface area contributed by atoms with Crippen molar-refractivity contribution in [2.75, 3.05) is 19.8 Å². The fraction of sp³-hybridized carbons (Fsp3) is 0.900. The monoisotopic (exact) mass is 204 g/mol. The molecule has 0 amide bonds. The summed E-state index contributed by atoms with van der Waals surface area (Å²) in [6.45, 7) is 7.53. The quantitative estimate of drug-likeness (QED) is 0.651. The number of carboxylic acid groups (broad SMARTS) is 1. The Balaban J connectivity index is 3.27. The van der Waals surface area contributed by atoms with Crippen molar-refractivity contribution in [2.45, 2.75) is 33.3 Å². The van der Waals surface area contributed by atoms with E-state index in [4.69, 9.17) is 14.6 Å². The van der Waals surface area contributed by atoms with Crippen molar-refractivity contribution in [1.29, 1.82) is 0 Å². The van der Waals surface area contributed by atoms with Crippen LogP contribution in [0.25, 0.3) is 0 Å². The molecule has 0 saturated heterocycles. The molecule has 14 heavy (non-hydrogen) atoms. The van der Waals surface area contributed by atoms with E-state index >= 15 is 0 Å². The Morgan fingerprint density at radius 2 is 1.93 bits per heavy atom. The first kappa shape index (κ1) is 13.4. The molecule has 84 valence electrons. The van der Waals surface area contributed by atoms with Crippen molar-refractivity contribution in [3.63, 3.8) is 0 Å². The van der Waals surface area contributed by atoms with Crippen LogP contribution in [-0.4, -0.2) is 37.0 Å². The van der Waals surface area contributed by atoms with Gasteiger partial charge in [0.05, 0.1) is 25.7 Å². The third-order valence-electron chi connectivity index (χ3n) is 1.52. The highest BCUT2D eigenvalue weighted by atomic mass is 16.5. The molecule has 0 aromatic heterocycles. The Bertz CT molecular complexity index is 156. The molecule has 0 aliphatic carbocycles. The lowest BCUT2D eigenvalue weighted by Crippen LogP contribution is -2.19. The second-order valence-electron chi connectivity index (χ2n) is 3.76. The van der Waals surface area contributed by atoms with Crippen molar-refractivity contribution in [2.24, 2.45) is 5.92 Å². The van der Waals surface area contributed by atoms with Crippen molar-refractivity contribution in [1.82, 2.24) is 0 Å². The van der Waals surface area contributed by atoms with Crippen LogP contribution in [0.2, 0.25) is 0 Å². The fourth-order valence-corrected chi connectivity index (χ4v) is 0.865. The van der Waals surface area contributed by atoms with Crippen LogP contribution in [0.4, 0.5) is 0 Å². The maximum Gasteiger partial charge on any atom is 0.305 e. The minimum atomic E-state index is -0.833. The molecule has 0 aliphatic heterocycles. The third-order valence-corrected chi connectivity index (χ3v) is 1.52. The predicted octanol–water partition coefficient (Wildman–Crippen LogP) is 1.54. The third kappa shape index (κ3) is 9.48. The fourth-order valence-electron chi connectivity index (χ4n) is 0.865. The van der Waals surface area contributed by atoms with Gasteiger partial charge in [-0.25, -0.2) is 0 Å². The zero-order valence-corrected chi connectivity index (χ0v) is 9.16. The minimum Gasteiger partial charge on any atom is -0.481 e. The first-order valence-corrected chi connectivity index (χ1v) is 4.93. The summed E-state index contributed by atoms with van der Waals surface area (Å²) in [7, 11) is 0. The number of aliphatic carboxylic acids is 1. The predicted molar refractivity (Wildman–Crippen MR) is 53.3 cm³/mol. The first-order valence-electron chi connectivity index (χ1n) is 4.93.